The SMILES string of the molecule is O=C(N/N=C/c1cccc(OCc2ccccc2)c1)C1CC(c2cccs2)NN1. The van der Waals surface area contributed by atoms with Crippen molar-refractivity contribution in [2.45, 2.75) is 25.1 Å². The van der Waals surface area contributed by atoms with E-state index in [4.69, 9.17) is 4.74 Å². The van der Waals surface area contributed by atoms with E-state index < -0.39 is 0 Å². The van der Waals surface area contributed by atoms with E-state index in [1.54, 1.807) is 17.6 Å². The van der Waals surface area contributed by atoms with Gasteiger partial charge in [-0.3, -0.25) is 4.79 Å². The minimum absolute atomic E-state index is 0.146. The quantitative estimate of drug-likeness (QED) is 0.415. The molecule has 3 aromatic rings. The number of carbonyl (C=O) groups is 1. The highest BCUT2D eigenvalue weighted by Crippen LogP contribution is 2.25. The highest BCUT2D eigenvalue weighted by molar-refractivity contribution is 7.10. The fourth-order valence-corrected chi connectivity index (χ4v) is 3.87. The van der Waals surface area contributed by atoms with Crippen LogP contribution in [0.15, 0.2) is 77.2 Å². The van der Waals surface area contributed by atoms with Gasteiger partial charge < -0.3 is 4.74 Å². The molecule has 6 nitrogen and oxygen atoms in total. The molecule has 3 N–H and O–H groups in total. The summed E-state index contributed by atoms with van der Waals surface area (Å²) in [6.07, 6.45) is 2.30. The maximum atomic E-state index is 12.3. The molecule has 2 unspecified atom stereocenters. The van der Waals surface area contributed by atoms with Gasteiger partial charge >= 0.3 is 0 Å². The molecule has 148 valence electrons. The summed E-state index contributed by atoms with van der Waals surface area (Å²) in [4.78, 5) is 13.5. The van der Waals surface area contributed by atoms with Crippen molar-refractivity contribution in [1.29, 1.82) is 0 Å². The second kappa shape index (κ2) is 9.47. The van der Waals surface area contributed by atoms with Crippen LogP contribution in [0.25, 0.3) is 0 Å². The summed E-state index contributed by atoms with van der Waals surface area (Å²) in [5.74, 6) is 0.592. The number of amides is 1. The molecule has 1 saturated heterocycles. The van der Waals surface area contributed by atoms with Gasteiger partial charge in [-0.25, -0.2) is 16.3 Å². The van der Waals surface area contributed by atoms with Crippen LogP contribution in [-0.2, 0) is 11.4 Å². The van der Waals surface area contributed by atoms with Crippen LogP contribution < -0.4 is 21.0 Å². The van der Waals surface area contributed by atoms with E-state index in [9.17, 15) is 4.79 Å². The van der Waals surface area contributed by atoms with Gasteiger partial charge in [-0.15, -0.1) is 11.3 Å². The van der Waals surface area contributed by atoms with Crippen LogP contribution in [0.5, 0.6) is 5.75 Å². The molecule has 0 bridgehead atoms. The maximum absolute atomic E-state index is 12.3. The molecule has 0 spiro atoms. The lowest BCUT2D eigenvalue weighted by atomic mass is 10.1. The van der Waals surface area contributed by atoms with Gasteiger partial charge in [-0.05, 0) is 41.1 Å². The maximum Gasteiger partial charge on any atom is 0.258 e. The van der Waals surface area contributed by atoms with Gasteiger partial charge in [0.25, 0.3) is 5.91 Å². The Kier molecular flexibility index (Phi) is 6.31. The Morgan fingerprint density at radius 2 is 2.03 bits per heavy atom. The number of carbonyl (C=O) groups excluding carboxylic acids is 1. The average molecular weight is 407 g/mol. The Morgan fingerprint density at radius 1 is 1.14 bits per heavy atom. The van der Waals surface area contributed by atoms with Crippen molar-refractivity contribution in [3.63, 3.8) is 0 Å². The molecule has 7 heteroatoms. The molecule has 2 heterocycles. The summed E-state index contributed by atoms with van der Waals surface area (Å²) >= 11 is 1.68. The normalized spacial score (nSPS) is 18.8. The van der Waals surface area contributed by atoms with Crippen LogP contribution in [0.3, 0.4) is 0 Å². The monoisotopic (exact) mass is 406 g/mol. The molecule has 1 amide bonds. The van der Waals surface area contributed by atoms with E-state index in [0.717, 1.165) is 16.9 Å². The van der Waals surface area contributed by atoms with Gasteiger partial charge in [-0.1, -0.05) is 48.5 Å². The first-order valence-electron chi connectivity index (χ1n) is 9.42. The van der Waals surface area contributed by atoms with Crippen LogP contribution in [0.2, 0.25) is 0 Å². The van der Waals surface area contributed by atoms with Gasteiger partial charge in [0, 0.05) is 4.88 Å². The summed E-state index contributed by atoms with van der Waals surface area (Å²) in [5, 5.41) is 6.12. The molecule has 2 aromatic carbocycles. The topological polar surface area (TPSA) is 74.8 Å². The number of hydrogen-bond donors (Lipinski definition) is 3. The second-order valence-electron chi connectivity index (χ2n) is 6.73. The third-order valence-electron chi connectivity index (χ3n) is 4.60. The fraction of sp³-hybridized carbons (Fsp3) is 0.182. The summed E-state index contributed by atoms with van der Waals surface area (Å²) in [6.45, 7) is 0.504. The zero-order chi connectivity index (χ0) is 19.9. The highest BCUT2D eigenvalue weighted by atomic mass is 32.1. The van der Waals surface area contributed by atoms with E-state index in [1.807, 2.05) is 66.0 Å². The van der Waals surface area contributed by atoms with E-state index in [1.165, 1.54) is 4.88 Å². The summed E-state index contributed by atoms with van der Waals surface area (Å²) < 4.78 is 5.82. The summed E-state index contributed by atoms with van der Waals surface area (Å²) in [5.41, 5.74) is 10.8. The summed E-state index contributed by atoms with van der Waals surface area (Å²) in [6, 6.07) is 21.5. The molecule has 29 heavy (non-hydrogen) atoms. The Morgan fingerprint density at radius 3 is 2.86 bits per heavy atom. The number of hydrazine groups is 1. The van der Waals surface area contributed by atoms with E-state index in [-0.39, 0.29) is 18.0 Å². The number of nitrogens with one attached hydrogen (secondary N) is 3. The minimum Gasteiger partial charge on any atom is -0.489 e. The van der Waals surface area contributed by atoms with Gasteiger partial charge in [0.1, 0.15) is 18.4 Å². The largest absolute Gasteiger partial charge is 0.489 e. The molecule has 2 atom stereocenters. The predicted octanol–water partition coefficient (Wildman–Crippen LogP) is 3.39. The number of rotatable bonds is 7. The molecule has 0 saturated carbocycles. The number of hydrazone groups is 1. The number of thiophene rings is 1. The third kappa shape index (κ3) is 5.29. The lowest BCUT2D eigenvalue weighted by Crippen LogP contribution is -2.41. The molecule has 1 aromatic heterocycles. The van der Waals surface area contributed by atoms with Crippen molar-refractivity contribution in [2.24, 2.45) is 5.10 Å². The van der Waals surface area contributed by atoms with Crippen molar-refractivity contribution < 1.29 is 9.53 Å². The van der Waals surface area contributed by atoms with Gasteiger partial charge in [0.05, 0.1) is 12.3 Å². The first-order chi connectivity index (χ1) is 14.3. The van der Waals surface area contributed by atoms with Crippen LogP contribution in [0.4, 0.5) is 0 Å². The smallest absolute Gasteiger partial charge is 0.258 e. The number of hydrogen-bond acceptors (Lipinski definition) is 6. The zero-order valence-electron chi connectivity index (χ0n) is 15.7. The van der Waals surface area contributed by atoms with Crippen molar-refractivity contribution in [3.05, 3.63) is 88.1 Å². The Hall–Kier alpha value is -3.00. The van der Waals surface area contributed by atoms with E-state index in [0.29, 0.717) is 13.0 Å². The summed E-state index contributed by atoms with van der Waals surface area (Å²) in [7, 11) is 0. The first kappa shape index (κ1) is 19.3. The molecular formula is C22H22N4O2S. The van der Waals surface area contributed by atoms with Crippen LogP contribution in [-0.4, -0.2) is 18.2 Å². The molecule has 1 aliphatic rings. The fourth-order valence-electron chi connectivity index (χ4n) is 3.08. The number of benzene rings is 2. The van der Waals surface area contributed by atoms with E-state index in [2.05, 4.69) is 27.4 Å². The zero-order valence-corrected chi connectivity index (χ0v) is 16.6. The lowest BCUT2D eigenvalue weighted by Gasteiger charge is -2.07. The molecule has 0 radical (unpaired) electrons. The van der Waals surface area contributed by atoms with Crippen LogP contribution in [0, 0.1) is 0 Å². The van der Waals surface area contributed by atoms with Gasteiger partial charge in [0.15, 0.2) is 0 Å². The molecule has 0 aliphatic carbocycles. The Labute approximate surface area is 173 Å². The minimum atomic E-state index is -0.320. The highest BCUT2D eigenvalue weighted by Gasteiger charge is 2.30. The molecular weight excluding hydrogens is 384 g/mol. The van der Waals surface area contributed by atoms with Crippen LogP contribution >= 0.6 is 11.3 Å². The van der Waals surface area contributed by atoms with E-state index >= 15 is 0 Å². The number of nitrogens with zero attached hydrogens (tertiary/aromatic N) is 1. The first-order valence-corrected chi connectivity index (χ1v) is 10.3. The number of ether oxygens (including phenoxy) is 1. The Balaban J connectivity index is 1.27. The predicted molar refractivity (Wildman–Crippen MR) is 115 cm³/mol. The van der Waals surface area contributed by atoms with Gasteiger partial charge in [0.2, 0.25) is 0 Å². The van der Waals surface area contributed by atoms with Gasteiger partial charge in [-0.2, -0.15) is 5.10 Å². The van der Waals surface area contributed by atoms with Crippen molar-refractivity contribution in [1.82, 2.24) is 16.3 Å². The van der Waals surface area contributed by atoms with Crippen molar-refractivity contribution in [2.75, 3.05) is 0 Å². The van der Waals surface area contributed by atoms with Crippen molar-refractivity contribution in [3.8, 4) is 5.75 Å². The van der Waals surface area contributed by atoms with Crippen LogP contribution in [0.1, 0.15) is 28.5 Å². The van der Waals surface area contributed by atoms with Crippen molar-refractivity contribution >= 4 is 23.5 Å². The molecule has 4 rings (SSSR count). The standard InChI is InChI=1S/C22H22N4O2S/c27-22(20-13-19(24-25-20)21-10-5-11-29-21)26-23-14-17-8-4-9-18(12-17)28-15-16-6-2-1-3-7-16/h1-12,14,19-20,24-25H,13,15H2,(H,26,27)/b23-14+. The average Bonchev–Trinajstić information content (AvgIpc) is 3.45. The molecule has 1 aliphatic heterocycles. The Bertz CT molecular complexity index is 960. The molecule has 1 fully saturated rings. The second-order valence-corrected chi connectivity index (χ2v) is 7.71. The lowest BCUT2D eigenvalue weighted by molar-refractivity contribution is -0.122. The third-order valence-corrected chi connectivity index (χ3v) is 5.59.